The zero-order chi connectivity index (χ0) is 14.8. The van der Waals surface area contributed by atoms with Crippen molar-refractivity contribution in [3.8, 4) is 0 Å². The van der Waals surface area contributed by atoms with Gasteiger partial charge in [-0.3, -0.25) is 4.79 Å². The highest BCUT2D eigenvalue weighted by Gasteiger charge is 2.41. The highest BCUT2D eigenvalue weighted by atomic mass is 32.2. The standard InChI is InChI=1S/C12H14O6S/c1-12(2,11(15)16)19(17,18)7-8-3-5-9(6-4-8)10(13)14/h3-6H,7H2,1-2H3,(H,13,14)(H,15,16). The van der Waals surface area contributed by atoms with Gasteiger partial charge in [0, 0.05) is 0 Å². The van der Waals surface area contributed by atoms with Gasteiger partial charge in [-0.25, -0.2) is 13.2 Å². The third-order valence-electron chi connectivity index (χ3n) is 2.85. The van der Waals surface area contributed by atoms with Crippen LogP contribution in [0.4, 0.5) is 0 Å². The third kappa shape index (κ3) is 3.11. The van der Waals surface area contributed by atoms with E-state index in [2.05, 4.69) is 0 Å². The van der Waals surface area contributed by atoms with Crippen LogP contribution in [-0.2, 0) is 20.4 Å². The van der Waals surface area contributed by atoms with Crippen LogP contribution in [0.2, 0.25) is 0 Å². The molecule has 0 spiro atoms. The molecular formula is C12H14O6S. The predicted octanol–water partition coefficient (Wildman–Crippen LogP) is 1.16. The number of carboxylic acids is 2. The molecule has 0 saturated carbocycles. The van der Waals surface area contributed by atoms with Crippen LogP contribution >= 0.6 is 0 Å². The van der Waals surface area contributed by atoms with E-state index in [-0.39, 0.29) is 5.56 Å². The Kier molecular flexibility index (Phi) is 4.00. The van der Waals surface area contributed by atoms with E-state index in [0.717, 1.165) is 13.8 Å². The van der Waals surface area contributed by atoms with Crippen molar-refractivity contribution in [2.24, 2.45) is 0 Å². The van der Waals surface area contributed by atoms with Crippen molar-refractivity contribution in [2.45, 2.75) is 24.3 Å². The van der Waals surface area contributed by atoms with Crippen molar-refractivity contribution in [1.82, 2.24) is 0 Å². The lowest BCUT2D eigenvalue weighted by molar-refractivity contribution is -0.139. The summed E-state index contributed by atoms with van der Waals surface area (Å²) < 4.78 is 22.1. The Hall–Kier alpha value is -1.89. The lowest BCUT2D eigenvalue weighted by Crippen LogP contribution is -2.41. The van der Waals surface area contributed by atoms with E-state index in [1.165, 1.54) is 24.3 Å². The Balaban J connectivity index is 3.03. The normalized spacial score (nSPS) is 12.1. The average Bonchev–Trinajstić information content (AvgIpc) is 2.28. The van der Waals surface area contributed by atoms with Gasteiger partial charge in [0.05, 0.1) is 11.3 Å². The fourth-order valence-corrected chi connectivity index (χ4v) is 2.53. The fraction of sp³-hybridized carbons (Fsp3) is 0.333. The van der Waals surface area contributed by atoms with Crippen LogP contribution < -0.4 is 0 Å². The number of carboxylic acid groups (broad SMARTS) is 2. The first kappa shape index (κ1) is 15.2. The van der Waals surface area contributed by atoms with Crippen LogP contribution in [0.25, 0.3) is 0 Å². The molecule has 0 fully saturated rings. The van der Waals surface area contributed by atoms with Crippen LogP contribution in [-0.4, -0.2) is 35.3 Å². The van der Waals surface area contributed by atoms with Gasteiger partial charge in [-0.2, -0.15) is 0 Å². The Morgan fingerprint density at radius 1 is 1.11 bits per heavy atom. The minimum atomic E-state index is -3.89. The Morgan fingerprint density at radius 3 is 1.95 bits per heavy atom. The molecular weight excluding hydrogens is 272 g/mol. The number of sulfone groups is 1. The number of rotatable bonds is 5. The first-order valence-corrected chi connectivity index (χ1v) is 7.01. The summed E-state index contributed by atoms with van der Waals surface area (Å²) in [6.45, 7) is 2.24. The van der Waals surface area contributed by atoms with Gasteiger partial charge in [-0.05, 0) is 31.5 Å². The maximum atomic E-state index is 12.0. The van der Waals surface area contributed by atoms with E-state index in [9.17, 15) is 18.0 Å². The molecule has 2 N–H and O–H groups in total. The van der Waals surface area contributed by atoms with Gasteiger partial charge in [0.2, 0.25) is 0 Å². The summed E-state index contributed by atoms with van der Waals surface area (Å²) in [7, 11) is -3.89. The Bertz CT molecular complexity index is 598. The number of aliphatic carboxylic acids is 1. The highest BCUT2D eigenvalue weighted by molar-refractivity contribution is 7.92. The summed E-state index contributed by atoms with van der Waals surface area (Å²) in [5, 5.41) is 17.6. The van der Waals surface area contributed by atoms with Crippen molar-refractivity contribution in [1.29, 1.82) is 0 Å². The van der Waals surface area contributed by atoms with Crippen molar-refractivity contribution in [3.05, 3.63) is 35.4 Å². The molecule has 1 rings (SSSR count). The summed E-state index contributed by atoms with van der Waals surface area (Å²) in [4.78, 5) is 21.6. The molecule has 0 aliphatic carbocycles. The molecule has 0 aromatic heterocycles. The number of hydrogen-bond donors (Lipinski definition) is 2. The molecule has 1 aromatic rings. The summed E-state index contributed by atoms with van der Waals surface area (Å²) in [6, 6.07) is 5.28. The lowest BCUT2D eigenvalue weighted by Gasteiger charge is -2.19. The molecule has 6 nitrogen and oxygen atoms in total. The smallest absolute Gasteiger partial charge is 0.335 e. The van der Waals surface area contributed by atoms with Gasteiger partial charge in [-0.1, -0.05) is 12.1 Å². The zero-order valence-electron chi connectivity index (χ0n) is 10.5. The molecule has 0 amide bonds. The van der Waals surface area contributed by atoms with Crippen LogP contribution in [0, 0.1) is 0 Å². The van der Waals surface area contributed by atoms with E-state index in [4.69, 9.17) is 10.2 Å². The Morgan fingerprint density at radius 2 is 1.58 bits per heavy atom. The summed E-state index contributed by atoms with van der Waals surface area (Å²) >= 11 is 0. The van der Waals surface area contributed by atoms with Gasteiger partial charge in [0.25, 0.3) is 0 Å². The van der Waals surface area contributed by atoms with Gasteiger partial charge >= 0.3 is 11.9 Å². The largest absolute Gasteiger partial charge is 0.480 e. The van der Waals surface area contributed by atoms with E-state index in [0.29, 0.717) is 5.56 Å². The third-order valence-corrected chi connectivity index (χ3v) is 5.29. The predicted molar refractivity (Wildman–Crippen MR) is 67.7 cm³/mol. The summed E-state index contributed by atoms with van der Waals surface area (Å²) in [5.41, 5.74) is 0.387. The highest BCUT2D eigenvalue weighted by Crippen LogP contribution is 2.22. The van der Waals surface area contributed by atoms with Crippen LogP contribution in [0.15, 0.2) is 24.3 Å². The zero-order valence-corrected chi connectivity index (χ0v) is 11.3. The van der Waals surface area contributed by atoms with E-state index in [1.807, 2.05) is 0 Å². The van der Waals surface area contributed by atoms with Crippen molar-refractivity contribution in [3.63, 3.8) is 0 Å². The number of hydrogen-bond acceptors (Lipinski definition) is 4. The second kappa shape index (κ2) is 5.00. The van der Waals surface area contributed by atoms with E-state index >= 15 is 0 Å². The van der Waals surface area contributed by atoms with Crippen LogP contribution in [0.5, 0.6) is 0 Å². The van der Waals surface area contributed by atoms with Gasteiger partial charge in [0.15, 0.2) is 14.6 Å². The maximum Gasteiger partial charge on any atom is 0.335 e. The lowest BCUT2D eigenvalue weighted by atomic mass is 10.1. The topological polar surface area (TPSA) is 109 Å². The second-order valence-corrected chi connectivity index (χ2v) is 7.12. The SMILES string of the molecule is CC(C)(C(=O)O)S(=O)(=O)Cc1ccc(C(=O)O)cc1. The van der Waals surface area contributed by atoms with Gasteiger partial charge < -0.3 is 10.2 Å². The molecule has 0 aliphatic heterocycles. The van der Waals surface area contributed by atoms with E-state index < -0.39 is 32.3 Å². The van der Waals surface area contributed by atoms with Crippen molar-refractivity contribution >= 4 is 21.8 Å². The molecule has 19 heavy (non-hydrogen) atoms. The Labute approximate surface area is 110 Å². The number of carbonyl (C=O) groups is 2. The maximum absolute atomic E-state index is 12.0. The number of benzene rings is 1. The monoisotopic (exact) mass is 286 g/mol. The molecule has 104 valence electrons. The van der Waals surface area contributed by atoms with Crippen molar-refractivity contribution in [2.75, 3.05) is 0 Å². The molecule has 0 bridgehead atoms. The molecule has 0 radical (unpaired) electrons. The molecule has 0 heterocycles. The second-order valence-electron chi connectivity index (χ2n) is 4.58. The summed E-state index contributed by atoms with van der Waals surface area (Å²) in [6.07, 6.45) is 0. The molecule has 0 atom stereocenters. The first-order chi connectivity index (χ1) is 8.58. The van der Waals surface area contributed by atoms with Gasteiger partial charge in [0.1, 0.15) is 0 Å². The fourth-order valence-electron chi connectivity index (χ4n) is 1.28. The van der Waals surface area contributed by atoms with Crippen LogP contribution in [0.1, 0.15) is 29.8 Å². The number of aromatic carboxylic acids is 1. The summed E-state index contributed by atoms with van der Waals surface area (Å²) in [5.74, 6) is -2.98. The average molecular weight is 286 g/mol. The minimum absolute atomic E-state index is 0.0404. The molecule has 0 saturated heterocycles. The quantitative estimate of drug-likeness (QED) is 0.840. The van der Waals surface area contributed by atoms with Gasteiger partial charge in [-0.15, -0.1) is 0 Å². The van der Waals surface area contributed by atoms with E-state index in [1.54, 1.807) is 0 Å². The van der Waals surface area contributed by atoms with Crippen molar-refractivity contribution < 1.29 is 28.2 Å². The molecule has 7 heteroatoms. The minimum Gasteiger partial charge on any atom is -0.480 e. The molecule has 0 unspecified atom stereocenters. The first-order valence-electron chi connectivity index (χ1n) is 5.36. The van der Waals surface area contributed by atoms with Crippen LogP contribution in [0.3, 0.4) is 0 Å². The molecule has 0 aliphatic rings. The molecule has 1 aromatic carbocycles.